The first-order chi connectivity index (χ1) is 8.79. The quantitative estimate of drug-likeness (QED) is 0.759. The molecule has 0 N–H and O–H groups in total. The van der Waals surface area contributed by atoms with Crippen LogP contribution in [0.2, 0.25) is 0 Å². The van der Waals surface area contributed by atoms with Crippen LogP contribution >= 0.6 is 0 Å². The fourth-order valence-corrected chi connectivity index (χ4v) is 3.44. The molecule has 0 spiro atoms. The van der Waals surface area contributed by atoms with Gasteiger partial charge in [0.2, 0.25) is 0 Å². The van der Waals surface area contributed by atoms with Gasteiger partial charge in [0.05, 0.1) is 11.0 Å². The lowest BCUT2D eigenvalue weighted by molar-refractivity contribution is 0.271. The predicted molar refractivity (Wildman–Crippen MR) is 75.8 cm³/mol. The number of benzene rings is 1. The molecule has 96 valence electrons. The van der Waals surface area contributed by atoms with Crippen molar-refractivity contribution >= 4 is 11.0 Å². The van der Waals surface area contributed by atoms with Gasteiger partial charge >= 0.3 is 0 Å². The Hall–Kier alpha value is -1.31. The average molecular weight is 242 g/mol. The first-order valence-electron chi connectivity index (χ1n) is 7.23. The number of para-hydroxylation sites is 2. The minimum absolute atomic E-state index is 0.667. The minimum Gasteiger partial charge on any atom is -0.325 e. The van der Waals surface area contributed by atoms with Gasteiger partial charge in [-0.15, -0.1) is 0 Å². The second-order valence-corrected chi connectivity index (χ2v) is 5.60. The standard InChI is InChI=1S/C16H22N2/c1-3-13-8-10-14(11-9-13)18-12(2)17-15-6-4-5-7-16(15)18/h4-7,13-14H,3,8-11H2,1-2H3. The highest BCUT2D eigenvalue weighted by Crippen LogP contribution is 2.36. The van der Waals surface area contributed by atoms with E-state index in [2.05, 4.69) is 42.7 Å². The van der Waals surface area contributed by atoms with Crippen molar-refractivity contribution in [3.05, 3.63) is 30.1 Å². The molecule has 2 nitrogen and oxygen atoms in total. The molecule has 0 aliphatic heterocycles. The largest absolute Gasteiger partial charge is 0.325 e. The van der Waals surface area contributed by atoms with E-state index in [4.69, 9.17) is 4.98 Å². The van der Waals surface area contributed by atoms with Crippen LogP contribution in [0.15, 0.2) is 24.3 Å². The number of fused-ring (bicyclic) bond motifs is 1. The Kier molecular flexibility index (Phi) is 3.11. The Balaban J connectivity index is 1.92. The van der Waals surface area contributed by atoms with Gasteiger partial charge < -0.3 is 4.57 Å². The summed E-state index contributed by atoms with van der Waals surface area (Å²) >= 11 is 0. The molecular weight excluding hydrogens is 220 g/mol. The summed E-state index contributed by atoms with van der Waals surface area (Å²) in [6, 6.07) is 9.20. The molecule has 1 aromatic heterocycles. The van der Waals surface area contributed by atoms with Crippen LogP contribution in [0, 0.1) is 12.8 Å². The van der Waals surface area contributed by atoms with Crippen LogP contribution < -0.4 is 0 Å². The number of imidazole rings is 1. The molecule has 1 aliphatic carbocycles. The van der Waals surface area contributed by atoms with Crippen molar-refractivity contribution in [2.75, 3.05) is 0 Å². The van der Waals surface area contributed by atoms with E-state index in [1.165, 1.54) is 43.4 Å². The SMILES string of the molecule is CCC1CCC(n2c(C)nc3ccccc32)CC1. The summed E-state index contributed by atoms with van der Waals surface area (Å²) in [5.74, 6) is 2.13. The van der Waals surface area contributed by atoms with Gasteiger partial charge in [0.1, 0.15) is 5.82 Å². The van der Waals surface area contributed by atoms with Gasteiger partial charge in [0.15, 0.2) is 0 Å². The number of rotatable bonds is 2. The lowest BCUT2D eigenvalue weighted by atomic mass is 9.84. The molecule has 18 heavy (non-hydrogen) atoms. The van der Waals surface area contributed by atoms with E-state index in [1.807, 2.05) is 0 Å². The zero-order chi connectivity index (χ0) is 12.5. The van der Waals surface area contributed by atoms with Gasteiger partial charge in [-0.25, -0.2) is 4.98 Å². The van der Waals surface area contributed by atoms with Gasteiger partial charge in [-0.1, -0.05) is 25.5 Å². The average Bonchev–Trinajstić information content (AvgIpc) is 2.75. The molecule has 0 unspecified atom stereocenters. The monoisotopic (exact) mass is 242 g/mol. The van der Waals surface area contributed by atoms with Crippen LogP contribution in [0.5, 0.6) is 0 Å². The summed E-state index contributed by atoms with van der Waals surface area (Å²) in [6.45, 7) is 4.47. The van der Waals surface area contributed by atoms with E-state index in [-0.39, 0.29) is 0 Å². The third-order valence-corrected chi connectivity index (χ3v) is 4.53. The number of hydrogen-bond donors (Lipinski definition) is 0. The fourth-order valence-electron chi connectivity index (χ4n) is 3.44. The van der Waals surface area contributed by atoms with Crippen LogP contribution in [0.25, 0.3) is 11.0 Å². The Morgan fingerprint density at radius 3 is 2.61 bits per heavy atom. The molecule has 0 amide bonds. The first kappa shape index (κ1) is 11.8. The Labute approximate surface area is 109 Å². The van der Waals surface area contributed by atoms with Crippen molar-refractivity contribution in [1.29, 1.82) is 0 Å². The smallest absolute Gasteiger partial charge is 0.106 e. The molecular formula is C16H22N2. The molecule has 1 heterocycles. The van der Waals surface area contributed by atoms with Crippen LogP contribution in [-0.2, 0) is 0 Å². The molecule has 1 saturated carbocycles. The highest BCUT2D eigenvalue weighted by molar-refractivity contribution is 5.76. The van der Waals surface area contributed by atoms with E-state index < -0.39 is 0 Å². The Morgan fingerprint density at radius 1 is 1.17 bits per heavy atom. The summed E-state index contributed by atoms with van der Waals surface area (Å²) in [6.07, 6.45) is 6.75. The van der Waals surface area contributed by atoms with E-state index >= 15 is 0 Å². The molecule has 2 heteroatoms. The molecule has 0 saturated heterocycles. The van der Waals surface area contributed by atoms with Crippen LogP contribution in [-0.4, -0.2) is 9.55 Å². The first-order valence-corrected chi connectivity index (χ1v) is 7.23. The second-order valence-electron chi connectivity index (χ2n) is 5.60. The summed E-state index contributed by atoms with van der Waals surface area (Å²) in [7, 11) is 0. The summed E-state index contributed by atoms with van der Waals surface area (Å²) in [5, 5.41) is 0. The van der Waals surface area contributed by atoms with E-state index in [0.29, 0.717) is 6.04 Å². The molecule has 0 atom stereocenters. The lowest BCUT2D eigenvalue weighted by Gasteiger charge is -2.29. The zero-order valence-corrected chi connectivity index (χ0v) is 11.4. The highest BCUT2D eigenvalue weighted by atomic mass is 15.1. The number of aryl methyl sites for hydroxylation is 1. The summed E-state index contributed by atoms with van der Waals surface area (Å²) in [5.41, 5.74) is 2.46. The third-order valence-electron chi connectivity index (χ3n) is 4.53. The molecule has 0 radical (unpaired) electrons. The summed E-state index contributed by atoms with van der Waals surface area (Å²) in [4.78, 5) is 4.69. The lowest BCUT2D eigenvalue weighted by Crippen LogP contribution is -2.18. The number of nitrogens with zero attached hydrogens (tertiary/aromatic N) is 2. The summed E-state index contributed by atoms with van der Waals surface area (Å²) < 4.78 is 2.47. The minimum atomic E-state index is 0.667. The van der Waals surface area contributed by atoms with Crippen molar-refractivity contribution in [2.45, 2.75) is 52.0 Å². The van der Waals surface area contributed by atoms with Gasteiger partial charge in [-0.2, -0.15) is 0 Å². The van der Waals surface area contributed by atoms with Crippen molar-refractivity contribution in [1.82, 2.24) is 9.55 Å². The molecule has 1 aliphatic rings. The molecule has 2 aromatic rings. The normalized spacial score (nSPS) is 24.6. The van der Waals surface area contributed by atoms with Crippen LogP contribution in [0.3, 0.4) is 0 Å². The molecule has 1 fully saturated rings. The number of aromatic nitrogens is 2. The van der Waals surface area contributed by atoms with Crippen molar-refractivity contribution in [2.24, 2.45) is 5.92 Å². The van der Waals surface area contributed by atoms with Crippen molar-refractivity contribution in [3.63, 3.8) is 0 Å². The van der Waals surface area contributed by atoms with E-state index in [1.54, 1.807) is 0 Å². The fraction of sp³-hybridized carbons (Fsp3) is 0.562. The van der Waals surface area contributed by atoms with Gasteiger partial charge in [0.25, 0.3) is 0 Å². The Morgan fingerprint density at radius 2 is 1.89 bits per heavy atom. The topological polar surface area (TPSA) is 17.8 Å². The number of hydrogen-bond acceptors (Lipinski definition) is 1. The molecule has 1 aromatic carbocycles. The van der Waals surface area contributed by atoms with E-state index in [0.717, 1.165) is 11.4 Å². The van der Waals surface area contributed by atoms with Gasteiger partial charge in [-0.3, -0.25) is 0 Å². The highest BCUT2D eigenvalue weighted by Gasteiger charge is 2.23. The maximum absolute atomic E-state index is 4.69. The molecule has 0 bridgehead atoms. The second kappa shape index (κ2) is 4.75. The maximum Gasteiger partial charge on any atom is 0.106 e. The van der Waals surface area contributed by atoms with Crippen molar-refractivity contribution in [3.8, 4) is 0 Å². The van der Waals surface area contributed by atoms with Gasteiger partial charge in [-0.05, 0) is 50.7 Å². The molecule has 3 rings (SSSR count). The van der Waals surface area contributed by atoms with Gasteiger partial charge in [0, 0.05) is 6.04 Å². The van der Waals surface area contributed by atoms with Crippen LogP contribution in [0.1, 0.15) is 50.9 Å². The third kappa shape index (κ3) is 1.94. The predicted octanol–water partition coefficient (Wildman–Crippen LogP) is 4.49. The van der Waals surface area contributed by atoms with Crippen molar-refractivity contribution < 1.29 is 0 Å². The maximum atomic E-state index is 4.69. The zero-order valence-electron chi connectivity index (χ0n) is 11.4. The van der Waals surface area contributed by atoms with Crippen LogP contribution in [0.4, 0.5) is 0 Å². The Bertz CT molecular complexity index is 533. The van der Waals surface area contributed by atoms with E-state index in [9.17, 15) is 0 Å².